The molecule has 1 saturated heterocycles. The van der Waals surface area contributed by atoms with E-state index in [0.717, 1.165) is 24.2 Å². The maximum atomic E-state index is 13.4. The van der Waals surface area contributed by atoms with Crippen molar-refractivity contribution < 1.29 is 24.2 Å². The summed E-state index contributed by atoms with van der Waals surface area (Å²) >= 11 is 0. The lowest BCUT2D eigenvalue weighted by Gasteiger charge is -2.37. The third-order valence-corrected chi connectivity index (χ3v) is 6.12. The van der Waals surface area contributed by atoms with Crippen LogP contribution in [0.4, 0.5) is 4.39 Å². The Hall–Kier alpha value is -3.52. The van der Waals surface area contributed by atoms with Crippen LogP contribution >= 0.6 is 0 Å². The quantitative estimate of drug-likeness (QED) is 0.616. The fraction of sp³-hybridized carbons (Fsp3) is 0.320. The molecule has 0 saturated carbocycles. The predicted molar refractivity (Wildman–Crippen MR) is 122 cm³/mol. The molecule has 2 aromatic carbocycles. The number of fused-ring (bicyclic) bond motifs is 1. The van der Waals surface area contributed by atoms with Crippen LogP contribution < -0.4 is 0 Å². The fourth-order valence-corrected chi connectivity index (χ4v) is 4.21. The van der Waals surface area contributed by atoms with E-state index in [1.807, 2.05) is 0 Å². The Morgan fingerprint density at radius 3 is 2.30 bits per heavy atom. The molecule has 0 bridgehead atoms. The molecule has 1 aliphatic rings. The number of pyridine rings is 1. The number of aromatic hydroxyl groups is 1. The molecule has 172 valence electrons. The molecule has 3 aromatic rings. The first-order valence-corrected chi connectivity index (χ1v) is 10.9. The van der Waals surface area contributed by atoms with Crippen molar-refractivity contribution in [3.8, 4) is 5.75 Å². The number of carboxylic acids is 1. The van der Waals surface area contributed by atoms with Crippen LogP contribution in [0.5, 0.6) is 5.75 Å². The normalized spacial score (nSPS) is 14.7. The molecular formula is C25H26FN3O4. The van der Waals surface area contributed by atoms with Gasteiger partial charge in [-0.2, -0.15) is 0 Å². The minimum atomic E-state index is -1.33. The SMILES string of the molecule is CC(C)N1CCN(C(=O)c2cc(C(=O)O)c(O)c3ncc(Cc4ccc(F)cc4)cc23)CC1. The number of carboxylic acid groups (broad SMARTS) is 1. The Balaban J connectivity index is 1.74. The summed E-state index contributed by atoms with van der Waals surface area (Å²) < 4.78 is 13.2. The maximum absolute atomic E-state index is 13.4. The van der Waals surface area contributed by atoms with Gasteiger partial charge < -0.3 is 15.1 Å². The smallest absolute Gasteiger partial charge is 0.339 e. The van der Waals surface area contributed by atoms with Gasteiger partial charge in [0.25, 0.3) is 5.91 Å². The molecule has 1 aliphatic heterocycles. The fourth-order valence-electron chi connectivity index (χ4n) is 4.21. The van der Waals surface area contributed by atoms with Gasteiger partial charge >= 0.3 is 5.97 Å². The minimum Gasteiger partial charge on any atom is -0.505 e. The Morgan fingerprint density at radius 2 is 1.70 bits per heavy atom. The van der Waals surface area contributed by atoms with Crippen LogP contribution in [-0.4, -0.2) is 69.1 Å². The highest BCUT2D eigenvalue weighted by Gasteiger charge is 2.27. The molecule has 0 aliphatic carbocycles. The number of aromatic carboxylic acids is 1. The van der Waals surface area contributed by atoms with Gasteiger partial charge in [0.2, 0.25) is 0 Å². The Bertz CT molecular complexity index is 1200. The first-order chi connectivity index (χ1) is 15.7. The number of aromatic nitrogens is 1. The molecule has 1 amide bonds. The number of piperazine rings is 1. The van der Waals surface area contributed by atoms with Crippen molar-refractivity contribution in [3.05, 3.63) is 70.7 Å². The van der Waals surface area contributed by atoms with E-state index < -0.39 is 11.7 Å². The van der Waals surface area contributed by atoms with Gasteiger partial charge in [-0.05, 0) is 55.7 Å². The molecule has 0 unspecified atom stereocenters. The third-order valence-electron chi connectivity index (χ3n) is 6.12. The highest BCUT2D eigenvalue weighted by molar-refractivity contribution is 6.11. The average molecular weight is 451 g/mol. The molecule has 1 aromatic heterocycles. The number of hydrogen-bond acceptors (Lipinski definition) is 5. The number of carbonyl (C=O) groups excluding carboxylic acids is 1. The molecule has 4 rings (SSSR count). The molecule has 0 radical (unpaired) electrons. The second-order valence-electron chi connectivity index (χ2n) is 8.59. The molecule has 1 fully saturated rings. The van der Waals surface area contributed by atoms with Crippen LogP contribution in [0, 0.1) is 5.82 Å². The molecule has 2 N–H and O–H groups in total. The number of phenols is 1. The Morgan fingerprint density at radius 1 is 1.03 bits per heavy atom. The Kier molecular flexibility index (Phi) is 6.29. The number of hydrogen-bond donors (Lipinski definition) is 2. The van der Waals surface area contributed by atoms with Gasteiger partial charge in [0.05, 0.1) is 5.56 Å². The topological polar surface area (TPSA) is 94.0 Å². The van der Waals surface area contributed by atoms with E-state index in [0.29, 0.717) is 30.9 Å². The summed E-state index contributed by atoms with van der Waals surface area (Å²) in [5.41, 5.74) is 1.54. The van der Waals surface area contributed by atoms with Gasteiger partial charge in [0, 0.05) is 43.8 Å². The number of amides is 1. The van der Waals surface area contributed by atoms with Crippen molar-refractivity contribution >= 4 is 22.8 Å². The van der Waals surface area contributed by atoms with E-state index in [9.17, 15) is 24.2 Å². The third kappa shape index (κ3) is 4.66. The van der Waals surface area contributed by atoms with Crippen molar-refractivity contribution in [2.24, 2.45) is 0 Å². The van der Waals surface area contributed by atoms with Gasteiger partial charge in [-0.1, -0.05) is 12.1 Å². The Labute approximate surface area is 191 Å². The van der Waals surface area contributed by atoms with Crippen LogP contribution in [0.1, 0.15) is 45.7 Å². The van der Waals surface area contributed by atoms with Crippen molar-refractivity contribution in [1.82, 2.24) is 14.8 Å². The number of benzene rings is 2. The van der Waals surface area contributed by atoms with Crippen LogP contribution in [0.15, 0.2) is 42.6 Å². The van der Waals surface area contributed by atoms with E-state index in [-0.39, 0.29) is 28.4 Å². The highest BCUT2D eigenvalue weighted by Crippen LogP contribution is 2.32. The molecule has 33 heavy (non-hydrogen) atoms. The number of carbonyl (C=O) groups is 2. The zero-order valence-electron chi connectivity index (χ0n) is 18.6. The summed E-state index contributed by atoms with van der Waals surface area (Å²) in [6, 6.07) is 9.46. The first-order valence-electron chi connectivity index (χ1n) is 10.9. The monoisotopic (exact) mass is 451 g/mol. The van der Waals surface area contributed by atoms with Crippen molar-refractivity contribution in [2.75, 3.05) is 26.2 Å². The van der Waals surface area contributed by atoms with E-state index in [1.54, 1.807) is 23.1 Å². The second kappa shape index (κ2) is 9.15. The maximum Gasteiger partial charge on any atom is 0.339 e. The zero-order chi connectivity index (χ0) is 23.7. The summed E-state index contributed by atoms with van der Waals surface area (Å²) in [5.74, 6) is -2.41. The van der Waals surface area contributed by atoms with Crippen molar-refractivity contribution in [1.29, 1.82) is 0 Å². The zero-order valence-corrected chi connectivity index (χ0v) is 18.6. The van der Waals surface area contributed by atoms with Gasteiger partial charge in [0.15, 0.2) is 5.75 Å². The van der Waals surface area contributed by atoms with E-state index in [2.05, 4.69) is 23.7 Å². The van der Waals surface area contributed by atoms with E-state index in [1.165, 1.54) is 24.4 Å². The standard InChI is InChI=1S/C25H26FN3O4/c1-15(2)28-7-9-29(10-8-28)24(31)20-13-21(25(32)33)23(30)22-19(20)12-17(14-27-22)11-16-3-5-18(26)6-4-16/h3-6,12-15,30H,7-11H2,1-2H3,(H,32,33). The van der Waals surface area contributed by atoms with Crippen LogP contribution in [0.3, 0.4) is 0 Å². The molecule has 0 atom stereocenters. The lowest BCUT2D eigenvalue weighted by atomic mass is 9.98. The molecule has 0 spiro atoms. The summed E-state index contributed by atoms with van der Waals surface area (Å²) in [7, 11) is 0. The number of halogens is 1. The summed E-state index contributed by atoms with van der Waals surface area (Å²) in [6.45, 7) is 6.75. The number of nitrogens with zero attached hydrogens (tertiary/aromatic N) is 3. The molecule has 8 heteroatoms. The largest absolute Gasteiger partial charge is 0.505 e. The number of rotatable bonds is 5. The predicted octanol–water partition coefficient (Wildman–Crippen LogP) is 3.53. The van der Waals surface area contributed by atoms with Crippen LogP contribution in [0.2, 0.25) is 0 Å². The van der Waals surface area contributed by atoms with Gasteiger partial charge in [0.1, 0.15) is 16.9 Å². The van der Waals surface area contributed by atoms with Gasteiger partial charge in [-0.15, -0.1) is 0 Å². The van der Waals surface area contributed by atoms with E-state index in [4.69, 9.17) is 0 Å². The lowest BCUT2D eigenvalue weighted by molar-refractivity contribution is 0.0597. The molecular weight excluding hydrogens is 425 g/mol. The average Bonchev–Trinajstić information content (AvgIpc) is 2.80. The summed E-state index contributed by atoms with van der Waals surface area (Å²) in [6.07, 6.45) is 1.98. The molecule has 2 heterocycles. The van der Waals surface area contributed by atoms with E-state index >= 15 is 0 Å². The molecule has 7 nitrogen and oxygen atoms in total. The first kappa shape index (κ1) is 22.7. The second-order valence-corrected chi connectivity index (χ2v) is 8.59. The van der Waals surface area contributed by atoms with Crippen LogP contribution in [0.25, 0.3) is 10.9 Å². The highest BCUT2D eigenvalue weighted by atomic mass is 19.1. The van der Waals surface area contributed by atoms with Gasteiger partial charge in [-0.3, -0.25) is 14.7 Å². The minimum absolute atomic E-state index is 0.0712. The lowest BCUT2D eigenvalue weighted by Crippen LogP contribution is -2.50. The van der Waals surface area contributed by atoms with Crippen LogP contribution in [-0.2, 0) is 6.42 Å². The summed E-state index contributed by atoms with van der Waals surface area (Å²) in [4.78, 5) is 33.5. The van der Waals surface area contributed by atoms with Gasteiger partial charge in [-0.25, -0.2) is 9.18 Å². The van der Waals surface area contributed by atoms with Crippen molar-refractivity contribution in [2.45, 2.75) is 26.3 Å². The van der Waals surface area contributed by atoms with Crippen molar-refractivity contribution in [3.63, 3.8) is 0 Å². The summed E-state index contributed by atoms with van der Waals surface area (Å²) in [5, 5.41) is 20.5.